The second kappa shape index (κ2) is 8.93. The fraction of sp³-hybridized carbons (Fsp3) is 0. The SMILES string of the molecule is O=COc1ccc(-c2cc(C(=O)O)cc(-c3ccc(C(=O)O)cc3)c2)cc1.[3H]P.[HH]. The average molecular weight is 400 g/mol. The van der Waals surface area contributed by atoms with Crippen LogP contribution in [0.1, 0.15) is 22.1 Å². The second-order valence-electron chi connectivity index (χ2n) is 5.73. The summed E-state index contributed by atoms with van der Waals surface area (Å²) in [6.45, 7) is 0.332. The highest BCUT2D eigenvalue weighted by atomic mass is 31.0. The van der Waals surface area contributed by atoms with Crippen LogP contribution in [0.25, 0.3) is 22.3 Å². The Balaban J connectivity index is 0.00000146. The highest BCUT2D eigenvalue weighted by Crippen LogP contribution is 2.29. The summed E-state index contributed by atoms with van der Waals surface area (Å²) in [6.07, 6.45) is 0. The normalized spacial score (nSPS) is 10.1. The van der Waals surface area contributed by atoms with Gasteiger partial charge in [0.2, 0.25) is 0 Å². The third kappa shape index (κ3) is 4.61. The van der Waals surface area contributed by atoms with Crippen LogP contribution in [-0.2, 0) is 4.79 Å². The monoisotopic (exact) mass is 400 g/mol. The molecule has 144 valence electrons. The number of carbonyl (C=O) groups excluding carboxylic acids is 1. The van der Waals surface area contributed by atoms with E-state index >= 15 is 0 Å². The molecule has 0 fully saturated rings. The lowest BCUT2D eigenvalue weighted by Crippen LogP contribution is -1.98. The summed E-state index contributed by atoms with van der Waals surface area (Å²) in [7, 11) is 1.67. The van der Waals surface area contributed by atoms with Gasteiger partial charge in [0.05, 0.1) is 12.4 Å². The molecule has 3 aromatic carbocycles. The highest BCUT2D eigenvalue weighted by molar-refractivity contribution is 6.92. The van der Waals surface area contributed by atoms with Gasteiger partial charge in [0.1, 0.15) is 5.75 Å². The first-order chi connectivity index (χ1) is 14.0. The van der Waals surface area contributed by atoms with Crippen molar-refractivity contribution in [3.05, 3.63) is 77.9 Å². The molecule has 0 aliphatic carbocycles. The third-order valence-corrected chi connectivity index (χ3v) is 4.02. The lowest BCUT2D eigenvalue weighted by Gasteiger charge is -2.09. The van der Waals surface area contributed by atoms with Crippen LogP contribution in [0.15, 0.2) is 66.7 Å². The van der Waals surface area contributed by atoms with Crippen LogP contribution in [0.2, 0.25) is 0 Å². The van der Waals surface area contributed by atoms with Crippen molar-refractivity contribution in [2.75, 3.05) is 0 Å². The van der Waals surface area contributed by atoms with Gasteiger partial charge in [-0.25, -0.2) is 9.59 Å². The zero-order valence-corrected chi connectivity index (χ0v) is 15.7. The molecule has 0 saturated carbocycles. The van der Waals surface area contributed by atoms with Gasteiger partial charge in [0.25, 0.3) is 6.47 Å². The number of benzene rings is 3. The Bertz CT molecular complexity index is 1020. The molecule has 1 unspecified atom stereocenters. The number of hydrogen-bond donors (Lipinski definition) is 2. The van der Waals surface area contributed by atoms with E-state index in [1.54, 1.807) is 52.3 Å². The largest absolute Gasteiger partial charge is 0.478 e. The molecule has 0 spiro atoms. The number of carboxylic acid groups (broad SMARTS) is 2. The summed E-state index contributed by atoms with van der Waals surface area (Å²) in [5.41, 5.74) is 3.03. The molecule has 3 aromatic rings. The highest BCUT2D eigenvalue weighted by Gasteiger charge is 2.11. The maximum absolute atomic E-state index is 11.5. The van der Waals surface area contributed by atoms with Crippen LogP contribution in [0.5, 0.6) is 5.75 Å². The van der Waals surface area contributed by atoms with Gasteiger partial charge in [-0.3, -0.25) is 4.79 Å². The van der Waals surface area contributed by atoms with Gasteiger partial charge in [-0.2, -0.15) is 9.84 Å². The summed E-state index contributed by atoms with van der Waals surface area (Å²) >= 11 is 0. The molecule has 0 aliphatic rings. The van der Waals surface area contributed by atoms with Crippen LogP contribution in [0.4, 0.5) is 0 Å². The van der Waals surface area contributed by atoms with E-state index in [-0.39, 0.29) is 12.6 Å². The molecule has 2 N–H and O–H groups in total. The summed E-state index contributed by atoms with van der Waals surface area (Å²) in [5.74, 6) is -1.71. The zero-order valence-electron chi connectivity index (χ0n) is 15.5. The smallest absolute Gasteiger partial charge is 0.335 e. The van der Waals surface area contributed by atoms with E-state index in [9.17, 15) is 19.5 Å². The van der Waals surface area contributed by atoms with E-state index in [0.29, 0.717) is 28.9 Å². The van der Waals surface area contributed by atoms with Gasteiger partial charge >= 0.3 is 11.9 Å². The van der Waals surface area contributed by atoms with Gasteiger partial charge in [-0.1, -0.05) is 24.3 Å². The molecule has 0 aliphatic heterocycles. The Labute approximate surface area is 166 Å². The van der Waals surface area contributed by atoms with Crippen molar-refractivity contribution < 1.29 is 30.8 Å². The molecule has 28 heavy (non-hydrogen) atoms. The van der Waals surface area contributed by atoms with E-state index in [1.807, 2.05) is 6.07 Å². The number of ether oxygens (including phenoxy) is 1. The first-order valence-electron chi connectivity index (χ1n) is 8.48. The van der Waals surface area contributed by atoms with Crippen molar-refractivity contribution in [1.82, 2.24) is 0 Å². The molecule has 7 heteroatoms. The summed E-state index contributed by atoms with van der Waals surface area (Å²) in [6, 6.07) is 17.8. The first-order valence-corrected chi connectivity index (χ1v) is 7.91. The Morgan fingerprint density at radius 1 is 0.786 bits per heavy atom. The summed E-state index contributed by atoms with van der Waals surface area (Å²) in [5, 5.41) is 18.4. The number of carbonyl (C=O) groups is 3. The van der Waals surface area contributed by atoms with Crippen LogP contribution in [-0.4, -0.2) is 29.9 Å². The first kappa shape index (κ1) is 19.3. The minimum absolute atomic E-state index is 0. The second-order valence-corrected chi connectivity index (χ2v) is 5.73. The maximum Gasteiger partial charge on any atom is 0.335 e. The standard InChI is InChI=1S/C21H14O6.H3P.H2/c22-12-27-19-7-5-14(6-8-19)17-9-16(10-18(11-17)21(25)26)13-1-3-15(4-2-13)20(23)24;;/h1-12H,(H,23,24)(H,25,26);1H3;1H/i;1T;. The molecule has 0 heterocycles. The van der Waals surface area contributed by atoms with Gasteiger partial charge in [-0.15, -0.1) is 0 Å². The predicted octanol–water partition coefficient (Wildman–Crippen LogP) is 4.26. The van der Waals surface area contributed by atoms with Gasteiger partial charge < -0.3 is 14.9 Å². The molecule has 0 radical (unpaired) electrons. The molecule has 0 bridgehead atoms. The molecular formula is C21H19O6P. The van der Waals surface area contributed by atoms with Crippen molar-refractivity contribution in [2.45, 2.75) is 0 Å². The molecule has 0 saturated heterocycles. The van der Waals surface area contributed by atoms with Crippen LogP contribution < -0.4 is 4.74 Å². The number of carboxylic acids is 2. The number of hydrogen-bond acceptors (Lipinski definition) is 4. The fourth-order valence-electron chi connectivity index (χ4n) is 2.67. The van der Waals surface area contributed by atoms with Crippen LogP contribution in [0, 0.1) is 0 Å². The molecule has 1 atom stereocenters. The van der Waals surface area contributed by atoms with Crippen molar-refractivity contribution in [3.8, 4) is 28.0 Å². The molecule has 3 rings (SSSR count). The number of rotatable bonds is 6. The van der Waals surface area contributed by atoms with E-state index < -0.39 is 11.9 Å². The lowest BCUT2D eigenvalue weighted by atomic mass is 9.95. The topological polar surface area (TPSA) is 101 Å². The average Bonchev–Trinajstić information content (AvgIpc) is 2.75. The Kier molecular flexibility index (Phi) is 6.14. The quantitative estimate of drug-likeness (QED) is 0.474. The van der Waals surface area contributed by atoms with E-state index in [0.717, 1.165) is 5.56 Å². The minimum atomic E-state index is -1.07. The third-order valence-electron chi connectivity index (χ3n) is 4.02. The summed E-state index contributed by atoms with van der Waals surface area (Å²) < 4.78 is 10.4. The minimum Gasteiger partial charge on any atom is -0.478 e. The lowest BCUT2D eigenvalue weighted by molar-refractivity contribution is -0.120. The van der Waals surface area contributed by atoms with Crippen LogP contribution in [0.3, 0.4) is 0 Å². The van der Waals surface area contributed by atoms with E-state index in [2.05, 4.69) is 0 Å². The van der Waals surface area contributed by atoms with Gasteiger partial charge in [0.15, 0.2) is 0 Å². The van der Waals surface area contributed by atoms with Crippen LogP contribution >= 0.6 is 9.84 Å². The molecule has 6 nitrogen and oxygen atoms in total. The Hall–Kier alpha value is -3.50. The van der Waals surface area contributed by atoms with Crippen molar-refractivity contribution in [3.63, 3.8) is 0 Å². The zero-order chi connectivity index (χ0) is 21.4. The van der Waals surface area contributed by atoms with E-state index in [4.69, 9.17) is 11.1 Å². The molecular weight excluding hydrogens is 379 g/mol. The Morgan fingerprint density at radius 3 is 1.68 bits per heavy atom. The van der Waals surface area contributed by atoms with E-state index in [1.165, 1.54) is 18.2 Å². The Morgan fingerprint density at radius 2 is 1.25 bits per heavy atom. The molecule has 0 aromatic heterocycles. The predicted molar refractivity (Wildman–Crippen MR) is 111 cm³/mol. The van der Waals surface area contributed by atoms with Crippen molar-refractivity contribution in [2.24, 2.45) is 0 Å². The fourth-order valence-corrected chi connectivity index (χ4v) is 2.67. The van der Waals surface area contributed by atoms with Crippen molar-refractivity contribution >= 4 is 28.3 Å². The molecule has 0 amide bonds. The van der Waals surface area contributed by atoms with Gasteiger partial charge in [-0.05, 0) is 64.7 Å². The number of aromatic carboxylic acids is 2. The summed E-state index contributed by atoms with van der Waals surface area (Å²) in [4.78, 5) is 32.9. The van der Waals surface area contributed by atoms with Crippen molar-refractivity contribution in [1.29, 1.82) is 1.28 Å². The van der Waals surface area contributed by atoms with Gasteiger partial charge in [0, 0.05) is 1.43 Å². The maximum atomic E-state index is 11.5.